The molecule has 0 aliphatic heterocycles. The molecule has 0 bridgehead atoms. The number of anilines is 1. The van der Waals surface area contributed by atoms with Crippen LogP contribution in [0, 0.1) is 0 Å². The maximum atomic E-state index is 12.3. The van der Waals surface area contributed by atoms with E-state index in [-0.39, 0.29) is 12.5 Å². The van der Waals surface area contributed by atoms with Crippen LogP contribution < -0.4 is 4.90 Å². The first-order valence-electron chi connectivity index (χ1n) is 8.98. The number of hydrogen-bond acceptors (Lipinski definition) is 7. The van der Waals surface area contributed by atoms with E-state index in [0.29, 0.717) is 23.6 Å². The van der Waals surface area contributed by atoms with Crippen LogP contribution in [0.3, 0.4) is 0 Å². The van der Waals surface area contributed by atoms with Gasteiger partial charge in [-0.25, -0.2) is 4.79 Å². The van der Waals surface area contributed by atoms with Crippen LogP contribution in [0.4, 0.5) is 5.69 Å². The number of hydrogen-bond donors (Lipinski definition) is 0. The summed E-state index contributed by atoms with van der Waals surface area (Å²) in [5.74, 6) is -0.489. The SMILES string of the molecule is CN(Cc1ccc(N(C)C)cc1)C(=O)COC(=O)c1ccc(-c2nnco2)cc1. The number of aromatic nitrogens is 2. The van der Waals surface area contributed by atoms with Crippen LogP contribution in [-0.2, 0) is 16.1 Å². The summed E-state index contributed by atoms with van der Waals surface area (Å²) in [6, 6.07) is 14.4. The van der Waals surface area contributed by atoms with Crippen LogP contribution in [0.2, 0.25) is 0 Å². The van der Waals surface area contributed by atoms with Crippen LogP contribution >= 0.6 is 0 Å². The third-order valence-corrected chi connectivity index (χ3v) is 4.35. The van der Waals surface area contributed by atoms with Crippen molar-refractivity contribution in [3.63, 3.8) is 0 Å². The standard InChI is InChI=1S/C21H22N4O4/c1-24(2)18-10-4-15(5-11-18)12-25(3)19(26)13-28-21(27)17-8-6-16(7-9-17)20-23-22-14-29-20/h4-11,14H,12-13H2,1-3H3. The highest BCUT2D eigenvalue weighted by atomic mass is 16.5. The molecule has 29 heavy (non-hydrogen) atoms. The number of nitrogens with zero attached hydrogens (tertiary/aromatic N) is 4. The lowest BCUT2D eigenvalue weighted by Gasteiger charge is -2.18. The van der Waals surface area contributed by atoms with E-state index < -0.39 is 5.97 Å². The molecule has 0 spiro atoms. The highest BCUT2D eigenvalue weighted by molar-refractivity contribution is 5.91. The minimum atomic E-state index is -0.570. The first-order chi connectivity index (χ1) is 13.9. The van der Waals surface area contributed by atoms with Crippen molar-refractivity contribution >= 4 is 17.6 Å². The Labute approximate surface area is 168 Å². The number of rotatable bonds is 7. The highest BCUT2D eigenvalue weighted by Gasteiger charge is 2.14. The molecule has 8 heteroatoms. The second-order valence-corrected chi connectivity index (χ2v) is 6.71. The van der Waals surface area contributed by atoms with Gasteiger partial charge in [0.2, 0.25) is 12.3 Å². The van der Waals surface area contributed by atoms with E-state index in [1.165, 1.54) is 11.3 Å². The molecule has 0 N–H and O–H groups in total. The Kier molecular flexibility index (Phi) is 6.23. The number of esters is 1. The van der Waals surface area contributed by atoms with Gasteiger partial charge in [-0.05, 0) is 42.0 Å². The second-order valence-electron chi connectivity index (χ2n) is 6.71. The second kappa shape index (κ2) is 9.01. The number of carbonyl (C=O) groups excluding carboxylic acids is 2. The monoisotopic (exact) mass is 394 g/mol. The van der Waals surface area contributed by atoms with Crippen molar-refractivity contribution in [3.8, 4) is 11.5 Å². The first kappa shape index (κ1) is 20.1. The average molecular weight is 394 g/mol. The van der Waals surface area contributed by atoms with Gasteiger partial charge in [0.15, 0.2) is 6.61 Å². The van der Waals surface area contributed by atoms with Gasteiger partial charge in [-0.2, -0.15) is 0 Å². The minimum Gasteiger partial charge on any atom is -0.452 e. The van der Waals surface area contributed by atoms with Gasteiger partial charge in [0.25, 0.3) is 5.91 Å². The summed E-state index contributed by atoms with van der Waals surface area (Å²) in [6.45, 7) is 0.111. The highest BCUT2D eigenvalue weighted by Crippen LogP contribution is 2.17. The molecular formula is C21H22N4O4. The minimum absolute atomic E-state index is 0.280. The Hall–Kier alpha value is -3.68. The van der Waals surface area contributed by atoms with Crippen molar-refractivity contribution in [1.82, 2.24) is 15.1 Å². The van der Waals surface area contributed by atoms with Gasteiger partial charge in [-0.1, -0.05) is 12.1 Å². The van der Waals surface area contributed by atoms with Crippen molar-refractivity contribution in [1.29, 1.82) is 0 Å². The summed E-state index contributed by atoms with van der Waals surface area (Å²) in [5.41, 5.74) is 3.11. The van der Waals surface area contributed by atoms with E-state index in [4.69, 9.17) is 9.15 Å². The molecule has 0 aliphatic rings. The summed E-state index contributed by atoms with van der Waals surface area (Å²) in [7, 11) is 5.62. The Morgan fingerprint density at radius 1 is 1.00 bits per heavy atom. The summed E-state index contributed by atoms with van der Waals surface area (Å²) in [4.78, 5) is 28.0. The number of benzene rings is 2. The molecule has 3 rings (SSSR count). The molecule has 150 valence electrons. The third-order valence-electron chi connectivity index (χ3n) is 4.35. The van der Waals surface area contributed by atoms with Crippen LogP contribution in [-0.4, -0.2) is 54.7 Å². The fraction of sp³-hybridized carbons (Fsp3) is 0.238. The fourth-order valence-electron chi connectivity index (χ4n) is 2.63. The predicted molar refractivity (Wildman–Crippen MR) is 107 cm³/mol. The van der Waals surface area contributed by atoms with Crippen LogP contribution in [0.1, 0.15) is 15.9 Å². The van der Waals surface area contributed by atoms with E-state index in [2.05, 4.69) is 10.2 Å². The van der Waals surface area contributed by atoms with Gasteiger partial charge in [0.05, 0.1) is 5.56 Å². The molecule has 2 aromatic carbocycles. The Morgan fingerprint density at radius 2 is 1.69 bits per heavy atom. The zero-order chi connectivity index (χ0) is 20.8. The molecule has 0 unspecified atom stereocenters. The lowest BCUT2D eigenvalue weighted by Crippen LogP contribution is -2.30. The number of amides is 1. The van der Waals surface area contributed by atoms with E-state index in [9.17, 15) is 9.59 Å². The fourth-order valence-corrected chi connectivity index (χ4v) is 2.63. The smallest absolute Gasteiger partial charge is 0.338 e. The average Bonchev–Trinajstić information content (AvgIpc) is 3.27. The summed E-state index contributed by atoms with van der Waals surface area (Å²) >= 11 is 0. The van der Waals surface area contributed by atoms with Gasteiger partial charge < -0.3 is 19.0 Å². The van der Waals surface area contributed by atoms with Crippen molar-refractivity contribution < 1.29 is 18.7 Å². The normalized spacial score (nSPS) is 10.4. The lowest BCUT2D eigenvalue weighted by molar-refractivity contribution is -0.133. The maximum absolute atomic E-state index is 12.3. The molecule has 0 saturated carbocycles. The van der Waals surface area contributed by atoms with Gasteiger partial charge in [-0.3, -0.25) is 4.79 Å². The molecule has 0 atom stereocenters. The molecule has 1 heterocycles. The van der Waals surface area contributed by atoms with Gasteiger partial charge >= 0.3 is 5.97 Å². The first-order valence-corrected chi connectivity index (χ1v) is 8.98. The zero-order valence-corrected chi connectivity index (χ0v) is 16.5. The molecule has 1 aromatic heterocycles. The summed E-state index contributed by atoms with van der Waals surface area (Å²) in [5, 5.41) is 7.41. The number of likely N-dealkylation sites (N-methyl/N-ethyl adjacent to an activating group) is 1. The summed E-state index contributed by atoms with van der Waals surface area (Å²) < 4.78 is 10.2. The predicted octanol–water partition coefficient (Wildman–Crippen LogP) is 2.62. The quantitative estimate of drug-likeness (QED) is 0.569. The van der Waals surface area contributed by atoms with E-state index in [1.807, 2.05) is 43.3 Å². The molecule has 0 fully saturated rings. The van der Waals surface area contributed by atoms with Crippen LogP contribution in [0.25, 0.3) is 11.5 Å². The Morgan fingerprint density at radius 3 is 2.28 bits per heavy atom. The van der Waals surface area contributed by atoms with Gasteiger partial charge in [0.1, 0.15) is 0 Å². The van der Waals surface area contributed by atoms with E-state index >= 15 is 0 Å². The van der Waals surface area contributed by atoms with Crippen LogP contribution in [0.15, 0.2) is 59.3 Å². The molecule has 3 aromatic rings. The van der Waals surface area contributed by atoms with Gasteiger partial charge in [0, 0.05) is 38.9 Å². The third kappa shape index (κ3) is 5.19. The molecule has 1 amide bonds. The zero-order valence-electron chi connectivity index (χ0n) is 16.5. The van der Waals surface area contributed by atoms with Crippen molar-refractivity contribution in [2.24, 2.45) is 0 Å². The van der Waals surface area contributed by atoms with Crippen molar-refractivity contribution in [2.45, 2.75) is 6.54 Å². The molecule has 0 saturated heterocycles. The molecule has 0 radical (unpaired) electrons. The van der Waals surface area contributed by atoms with Gasteiger partial charge in [-0.15, -0.1) is 10.2 Å². The Bertz CT molecular complexity index is 951. The van der Waals surface area contributed by atoms with Crippen molar-refractivity contribution in [2.75, 3.05) is 32.6 Å². The Balaban J connectivity index is 1.50. The van der Waals surface area contributed by atoms with E-state index in [0.717, 1.165) is 11.3 Å². The maximum Gasteiger partial charge on any atom is 0.338 e. The van der Waals surface area contributed by atoms with E-state index in [1.54, 1.807) is 31.3 Å². The topological polar surface area (TPSA) is 88.8 Å². The van der Waals surface area contributed by atoms with Crippen LogP contribution in [0.5, 0.6) is 0 Å². The number of ether oxygens (including phenoxy) is 1. The largest absolute Gasteiger partial charge is 0.452 e. The lowest BCUT2D eigenvalue weighted by atomic mass is 10.1. The summed E-state index contributed by atoms with van der Waals surface area (Å²) in [6.07, 6.45) is 1.23. The van der Waals surface area contributed by atoms with Crippen molar-refractivity contribution in [3.05, 3.63) is 66.1 Å². The molecule has 8 nitrogen and oxygen atoms in total. The molecule has 0 aliphatic carbocycles. The number of carbonyl (C=O) groups is 2. The molecular weight excluding hydrogens is 372 g/mol.